The van der Waals surface area contributed by atoms with E-state index in [9.17, 15) is 0 Å². The van der Waals surface area contributed by atoms with Gasteiger partial charge in [-0.1, -0.05) is 29.8 Å². The van der Waals surface area contributed by atoms with Crippen LogP contribution in [0.15, 0.2) is 41.1 Å². The number of rotatable bonds is 4. The van der Waals surface area contributed by atoms with Gasteiger partial charge in [0.05, 0.1) is 28.6 Å². The first-order chi connectivity index (χ1) is 11.9. The van der Waals surface area contributed by atoms with Crippen molar-refractivity contribution in [2.75, 3.05) is 10.6 Å². The molecule has 2 heterocycles. The van der Waals surface area contributed by atoms with E-state index in [0.717, 1.165) is 21.4 Å². The number of nitrogens with zero attached hydrogens (tertiary/aromatic N) is 4. The Balaban J connectivity index is 1.69. The summed E-state index contributed by atoms with van der Waals surface area (Å²) in [6.45, 7) is 2.54. The smallest absolute Gasteiger partial charge is 0.176 e. The lowest BCUT2D eigenvalue weighted by molar-refractivity contribution is 0.690. The third kappa shape index (κ3) is 4.20. The van der Waals surface area contributed by atoms with Crippen LogP contribution in [0.1, 0.15) is 11.3 Å². The molecule has 0 atom stereocenters. The molecule has 0 aliphatic carbocycles. The van der Waals surface area contributed by atoms with Crippen LogP contribution in [0.2, 0.25) is 5.02 Å². The zero-order valence-electron chi connectivity index (χ0n) is 13.6. The fourth-order valence-corrected chi connectivity index (χ4v) is 3.06. The average molecular weight is 440 g/mol. The Morgan fingerprint density at radius 1 is 1.32 bits per heavy atom. The standard InChI is InChI=1S/C16H16BrClN6S/c1-10-14(7-19-23(10)2)20-16(25)21-15-12(17)9-24(22-15)8-11-5-3-4-6-13(11)18/h3-7,9H,8H2,1-2H3,(H2,20,21,22,25). The van der Waals surface area contributed by atoms with Crippen LogP contribution in [0.3, 0.4) is 0 Å². The van der Waals surface area contributed by atoms with Crippen LogP contribution in [-0.4, -0.2) is 24.7 Å². The SMILES string of the molecule is Cc1c(NC(=S)Nc2nn(Cc3ccccc3Cl)cc2Br)cnn1C. The zero-order valence-corrected chi connectivity index (χ0v) is 16.8. The van der Waals surface area contributed by atoms with E-state index in [1.165, 1.54) is 0 Å². The lowest BCUT2D eigenvalue weighted by Crippen LogP contribution is -2.20. The van der Waals surface area contributed by atoms with Gasteiger partial charge >= 0.3 is 0 Å². The topological polar surface area (TPSA) is 59.7 Å². The van der Waals surface area contributed by atoms with E-state index in [4.69, 9.17) is 23.8 Å². The molecule has 0 unspecified atom stereocenters. The van der Waals surface area contributed by atoms with Gasteiger partial charge in [0.1, 0.15) is 0 Å². The molecule has 9 heteroatoms. The second kappa shape index (κ2) is 7.55. The molecule has 25 heavy (non-hydrogen) atoms. The average Bonchev–Trinajstić information content (AvgIpc) is 3.06. The number of aryl methyl sites for hydroxylation is 1. The molecule has 1 aromatic carbocycles. The molecule has 0 saturated carbocycles. The van der Waals surface area contributed by atoms with Crippen molar-refractivity contribution in [2.45, 2.75) is 13.5 Å². The van der Waals surface area contributed by atoms with E-state index in [-0.39, 0.29) is 0 Å². The molecule has 0 aliphatic heterocycles. The minimum Gasteiger partial charge on any atom is -0.330 e. The predicted octanol–water partition coefficient (Wildman–Crippen LogP) is 4.20. The monoisotopic (exact) mass is 438 g/mol. The number of halogens is 2. The summed E-state index contributed by atoms with van der Waals surface area (Å²) in [6.07, 6.45) is 3.61. The molecular formula is C16H16BrClN6S. The summed E-state index contributed by atoms with van der Waals surface area (Å²) in [5.41, 5.74) is 2.84. The molecule has 3 aromatic rings. The molecule has 130 valence electrons. The van der Waals surface area contributed by atoms with Gasteiger partial charge in [0.2, 0.25) is 0 Å². The van der Waals surface area contributed by atoms with Crippen molar-refractivity contribution in [3.8, 4) is 0 Å². The molecule has 0 fully saturated rings. The third-order valence-electron chi connectivity index (χ3n) is 3.72. The number of thiocarbonyl (C=S) groups is 1. The van der Waals surface area contributed by atoms with E-state index in [1.807, 2.05) is 44.4 Å². The van der Waals surface area contributed by atoms with Crippen molar-refractivity contribution in [3.05, 3.63) is 57.4 Å². The van der Waals surface area contributed by atoms with Crippen LogP contribution in [0.4, 0.5) is 11.5 Å². The summed E-state index contributed by atoms with van der Waals surface area (Å²) in [7, 11) is 1.88. The maximum atomic E-state index is 6.20. The van der Waals surface area contributed by atoms with Gasteiger partial charge in [-0.2, -0.15) is 10.2 Å². The Morgan fingerprint density at radius 2 is 2.08 bits per heavy atom. The van der Waals surface area contributed by atoms with Crippen molar-refractivity contribution < 1.29 is 0 Å². The highest BCUT2D eigenvalue weighted by molar-refractivity contribution is 9.10. The van der Waals surface area contributed by atoms with E-state index < -0.39 is 0 Å². The summed E-state index contributed by atoms with van der Waals surface area (Å²) >= 11 is 15.1. The minimum absolute atomic E-state index is 0.444. The Labute approximate surface area is 164 Å². The van der Waals surface area contributed by atoms with E-state index >= 15 is 0 Å². The van der Waals surface area contributed by atoms with Crippen molar-refractivity contribution in [1.29, 1.82) is 0 Å². The molecule has 0 saturated heterocycles. The Hall–Kier alpha value is -1.90. The molecule has 6 nitrogen and oxygen atoms in total. The molecule has 0 amide bonds. The number of anilines is 2. The Bertz CT molecular complexity index is 919. The second-order valence-electron chi connectivity index (χ2n) is 5.46. The van der Waals surface area contributed by atoms with Crippen molar-refractivity contribution in [3.63, 3.8) is 0 Å². The molecule has 0 spiro atoms. The summed E-state index contributed by atoms with van der Waals surface area (Å²) in [4.78, 5) is 0. The fraction of sp³-hybridized carbons (Fsp3) is 0.188. The summed E-state index contributed by atoms with van der Waals surface area (Å²) < 4.78 is 4.39. The number of hydrogen-bond acceptors (Lipinski definition) is 3. The van der Waals surface area contributed by atoms with E-state index in [0.29, 0.717) is 22.5 Å². The highest BCUT2D eigenvalue weighted by Gasteiger charge is 2.11. The largest absolute Gasteiger partial charge is 0.330 e. The van der Waals surface area contributed by atoms with Gasteiger partial charge in [-0.05, 0) is 46.7 Å². The number of nitrogens with one attached hydrogen (secondary N) is 2. The second-order valence-corrected chi connectivity index (χ2v) is 7.13. The number of hydrogen-bond donors (Lipinski definition) is 2. The molecule has 2 aromatic heterocycles. The van der Waals surface area contributed by atoms with Crippen LogP contribution in [0, 0.1) is 6.92 Å². The highest BCUT2D eigenvalue weighted by atomic mass is 79.9. The van der Waals surface area contributed by atoms with Crippen LogP contribution in [0.5, 0.6) is 0 Å². The first kappa shape index (κ1) is 17.9. The van der Waals surface area contributed by atoms with Crippen molar-refractivity contribution >= 4 is 56.4 Å². The van der Waals surface area contributed by atoms with Crippen LogP contribution in [-0.2, 0) is 13.6 Å². The first-order valence-electron chi connectivity index (χ1n) is 7.47. The van der Waals surface area contributed by atoms with Gasteiger partial charge in [-0.3, -0.25) is 9.36 Å². The van der Waals surface area contributed by atoms with Crippen LogP contribution < -0.4 is 10.6 Å². The van der Waals surface area contributed by atoms with Crippen LogP contribution >= 0.6 is 39.7 Å². The van der Waals surface area contributed by atoms with Gasteiger partial charge in [-0.15, -0.1) is 0 Å². The first-order valence-corrected chi connectivity index (χ1v) is 9.05. The maximum absolute atomic E-state index is 6.20. The lowest BCUT2D eigenvalue weighted by atomic mass is 10.2. The fourth-order valence-electron chi connectivity index (χ4n) is 2.25. The molecule has 0 bridgehead atoms. The number of aromatic nitrogens is 4. The summed E-state index contributed by atoms with van der Waals surface area (Å²) in [5, 5.41) is 16.1. The third-order valence-corrected chi connectivity index (χ3v) is 4.88. The maximum Gasteiger partial charge on any atom is 0.176 e. The van der Waals surface area contributed by atoms with E-state index in [1.54, 1.807) is 15.6 Å². The summed E-state index contributed by atoms with van der Waals surface area (Å²) in [6, 6.07) is 7.70. The van der Waals surface area contributed by atoms with Gasteiger partial charge < -0.3 is 10.6 Å². The molecular weight excluding hydrogens is 424 g/mol. The lowest BCUT2D eigenvalue weighted by Gasteiger charge is -2.08. The van der Waals surface area contributed by atoms with Gasteiger partial charge in [0.25, 0.3) is 0 Å². The quantitative estimate of drug-likeness (QED) is 0.597. The molecule has 2 N–H and O–H groups in total. The van der Waals surface area contributed by atoms with Crippen LogP contribution in [0.25, 0.3) is 0 Å². The van der Waals surface area contributed by atoms with Gasteiger partial charge in [-0.25, -0.2) is 0 Å². The normalized spacial score (nSPS) is 10.7. The minimum atomic E-state index is 0.444. The Morgan fingerprint density at radius 3 is 2.76 bits per heavy atom. The van der Waals surface area contributed by atoms with Gasteiger partial charge in [0, 0.05) is 18.3 Å². The molecule has 0 radical (unpaired) electrons. The predicted molar refractivity (Wildman–Crippen MR) is 108 cm³/mol. The molecule has 3 rings (SSSR count). The zero-order chi connectivity index (χ0) is 18.0. The van der Waals surface area contributed by atoms with Crippen molar-refractivity contribution in [2.24, 2.45) is 7.05 Å². The highest BCUT2D eigenvalue weighted by Crippen LogP contribution is 2.23. The van der Waals surface area contributed by atoms with E-state index in [2.05, 4.69) is 36.8 Å². The van der Waals surface area contributed by atoms with Crippen molar-refractivity contribution in [1.82, 2.24) is 19.6 Å². The number of benzene rings is 1. The molecule has 0 aliphatic rings. The summed E-state index contributed by atoms with van der Waals surface area (Å²) in [5.74, 6) is 0.631. The van der Waals surface area contributed by atoms with Gasteiger partial charge in [0.15, 0.2) is 10.9 Å². The Kier molecular flexibility index (Phi) is 5.41.